The maximum Gasteiger partial charge on any atom is 0.330 e. The van der Waals surface area contributed by atoms with Crippen molar-refractivity contribution < 1.29 is 33.8 Å². The maximum absolute atomic E-state index is 13.4. The topological polar surface area (TPSA) is 167 Å². The lowest BCUT2D eigenvalue weighted by Gasteiger charge is -2.34. The number of benzene rings is 1. The zero-order valence-electron chi connectivity index (χ0n) is 24.8. The molecule has 1 aromatic heterocycles. The summed E-state index contributed by atoms with van der Waals surface area (Å²) in [6.45, 7) is 8.70. The number of cyclic esters (lactones) is 1. The number of carboxylic acids is 1. The van der Waals surface area contributed by atoms with E-state index in [1.54, 1.807) is 52.8 Å². The lowest BCUT2D eigenvalue weighted by Crippen LogP contribution is -2.58. The van der Waals surface area contributed by atoms with Crippen LogP contribution in [0.1, 0.15) is 64.8 Å². The number of hydrazine groups is 1. The number of nitrogens with zero attached hydrogens (tertiary/aromatic N) is 2. The monoisotopic (exact) mass is 591 g/mol. The minimum absolute atomic E-state index is 0.157. The Morgan fingerprint density at radius 2 is 1.88 bits per heavy atom. The summed E-state index contributed by atoms with van der Waals surface area (Å²) in [6, 6.07) is 7.36. The number of hydrogen-bond donors (Lipinski definition) is 4. The van der Waals surface area contributed by atoms with Gasteiger partial charge in [0.1, 0.15) is 23.9 Å². The average molecular weight is 592 g/mol. The van der Waals surface area contributed by atoms with Crippen molar-refractivity contribution in [3.05, 3.63) is 59.4 Å². The molecule has 4 rings (SSSR count). The predicted octanol–water partition coefficient (Wildman–Crippen LogP) is 2.61. The van der Waals surface area contributed by atoms with Crippen molar-refractivity contribution in [2.24, 2.45) is 11.3 Å². The molecule has 1 fully saturated rings. The predicted molar refractivity (Wildman–Crippen MR) is 158 cm³/mol. The second kappa shape index (κ2) is 12.7. The molecule has 5 bridgehead atoms. The number of pyridine rings is 1. The molecular formula is C31H37N5O7. The van der Waals surface area contributed by atoms with Crippen LogP contribution >= 0.6 is 0 Å². The van der Waals surface area contributed by atoms with Crippen LogP contribution in [0.15, 0.2) is 48.2 Å². The zero-order valence-corrected chi connectivity index (χ0v) is 24.8. The molecule has 43 heavy (non-hydrogen) atoms. The van der Waals surface area contributed by atoms with Crippen LogP contribution in [0.25, 0.3) is 17.0 Å². The van der Waals surface area contributed by atoms with Gasteiger partial charge in [-0.15, -0.1) is 0 Å². The summed E-state index contributed by atoms with van der Waals surface area (Å²) >= 11 is 0. The van der Waals surface area contributed by atoms with Crippen LogP contribution in [0, 0.1) is 11.3 Å². The van der Waals surface area contributed by atoms with E-state index in [4.69, 9.17) is 9.72 Å². The molecule has 4 N–H and O–H groups in total. The van der Waals surface area contributed by atoms with Crippen LogP contribution in [0.5, 0.6) is 0 Å². The Hall–Kier alpha value is -4.58. The van der Waals surface area contributed by atoms with E-state index in [1.807, 2.05) is 24.3 Å². The average Bonchev–Trinajstić information content (AvgIpc) is 2.96. The summed E-state index contributed by atoms with van der Waals surface area (Å²) in [5.41, 5.74) is 3.26. The molecule has 228 valence electrons. The fraction of sp³-hybridized carbons (Fsp3) is 0.419. The molecule has 12 heteroatoms. The molecule has 0 unspecified atom stereocenters. The van der Waals surface area contributed by atoms with E-state index in [9.17, 15) is 29.1 Å². The van der Waals surface area contributed by atoms with Gasteiger partial charge in [-0.2, -0.15) is 0 Å². The zero-order chi connectivity index (χ0) is 31.5. The fourth-order valence-corrected chi connectivity index (χ4v) is 4.77. The highest BCUT2D eigenvalue weighted by molar-refractivity contribution is 6.03. The summed E-state index contributed by atoms with van der Waals surface area (Å²) < 4.78 is 5.70. The molecule has 3 amide bonds. The second-order valence-electron chi connectivity index (χ2n) is 11.7. The first-order valence-corrected chi connectivity index (χ1v) is 14.2. The maximum atomic E-state index is 13.4. The highest BCUT2D eigenvalue weighted by Crippen LogP contribution is 2.25. The van der Waals surface area contributed by atoms with Crippen molar-refractivity contribution in [2.75, 3.05) is 6.54 Å². The summed E-state index contributed by atoms with van der Waals surface area (Å²) in [5, 5.41) is 16.6. The van der Waals surface area contributed by atoms with Crippen LogP contribution in [-0.4, -0.2) is 63.4 Å². The number of nitrogens with one attached hydrogen (secondary N) is 3. The molecule has 3 atom stereocenters. The van der Waals surface area contributed by atoms with Crippen molar-refractivity contribution >= 4 is 46.6 Å². The molecule has 2 aliphatic heterocycles. The van der Waals surface area contributed by atoms with Crippen LogP contribution < -0.4 is 16.1 Å². The van der Waals surface area contributed by atoms with Crippen molar-refractivity contribution in [2.45, 2.75) is 65.6 Å². The molecule has 0 aliphatic carbocycles. The van der Waals surface area contributed by atoms with E-state index in [-0.39, 0.29) is 6.54 Å². The van der Waals surface area contributed by atoms with Gasteiger partial charge in [0, 0.05) is 11.9 Å². The van der Waals surface area contributed by atoms with Gasteiger partial charge >= 0.3 is 11.9 Å². The Balaban J connectivity index is 1.76. The van der Waals surface area contributed by atoms with Gasteiger partial charge in [-0.1, -0.05) is 44.2 Å². The second-order valence-corrected chi connectivity index (χ2v) is 11.7. The minimum Gasteiger partial charge on any atom is -0.478 e. The first-order valence-electron chi connectivity index (χ1n) is 14.2. The number of carboxylic acid groups (broad SMARTS) is 1. The number of amides is 3. The van der Waals surface area contributed by atoms with Crippen LogP contribution in [0.4, 0.5) is 0 Å². The van der Waals surface area contributed by atoms with E-state index < -0.39 is 64.9 Å². The largest absolute Gasteiger partial charge is 0.478 e. The summed E-state index contributed by atoms with van der Waals surface area (Å²) in [4.78, 5) is 69.5. The third-order valence-corrected chi connectivity index (χ3v) is 7.43. The molecular weight excluding hydrogens is 554 g/mol. The molecule has 2 aliphatic rings. The van der Waals surface area contributed by atoms with E-state index >= 15 is 0 Å². The van der Waals surface area contributed by atoms with Gasteiger partial charge in [0.05, 0.1) is 22.7 Å². The smallest absolute Gasteiger partial charge is 0.330 e. The van der Waals surface area contributed by atoms with E-state index in [0.717, 1.165) is 16.0 Å². The summed E-state index contributed by atoms with van der Waals surface area (Å²) in [5.74, 6) is -4.51. The molecule has 1 aromatic carbocycles. The Labute approximate surface area is 249 Å². The van der Waals surface area contributed by atoms with Crippen LogP contribution in [0.3, 0.4) is 0 Å². The highest BCUT2D eigenvalue weighted by Gasteiger charge is 2.35. The first-order chi connectivity index (χ1) is 20.2. The SMILES string of the molecule is CC(C)[C@@H]1NC(=O)C(C)(C)/C=C/c2ccc3ccc(nc3c2)[C@@H](C)OC(=O)[C@@H]2CCCN(N2)C(=O)/C(=C\C(=O)O)NC1=O. The number of fused-ring (bicyclic) bond motifs is 4. The number of carbonyl (C=O) groups excluding carboxylic acids is 4. The van der Waals surface area contributed by atoms with Crippen molar-refractivity contribution in [1.82, 2.24) is 26.1 Å². The van der Waals surface area contributed by atoms with E-state index in [2.05, 4.69) is 16.1 Å². The van der Waals surface area contributed by atoms with Gasteiger partial charge in [-0.25, -0.2) is 15.2 Å². The van der Waals surface area contributed by atoms with Crippen LogP contribution in [-0.2, 0) is 28.7 Å². The fourth-order valence-electron chi connectivity index (χ4n) is 4.77. The molecule has 3 heterocycles. The Morgan fingerprint density at radius 3 is 2.58 bits per heavy atom. The number of ether oxygens (including phenoxy) is 1. The quantitative estimate of drug-likeness (QED) is 0.303. The van der Waals surface area contributed by atoms with Gasteiger partial charge in [0.15, 0.2) is 0 Å². The molecule has 0 saturated carbocycles. The minimum atomic E-state index is -1.46. The van der Waals surface area contributed by atoms with Crippen molar-refractivity contribution in [1.29, 1.82) is 0 Å². The number of aliphatic carboxylic acids is 1. The summed E-state index contributed by atoms with van der Waals surface area (Å²) in [7, 11) is 0. The Bertz CT molecular complexity index is 1510. The lowest BCUT2D eigenvalue weighted by atomic mass is 9.89. The van der Waals surface area contributed by atoms with Crippen molar-refractivity contribution in [3.63, 3.8) is 0 Å². The lowest BCUT2D eigenvalue weighted by molar-refractivity contribution is -0.156. The molecule has 1 saturated heterocycles. The van der Waals surface area contributed by atoms with Gasteiger partial charge in [0.25, 0.3) is 5.91 Å². The normalized spacial score (nSPS) is 25.3. The Morgan fingerprint density at radius 1 is 1.16 bits per heavy atom. The van der Waals surface area contributed by atoms with Gasteiger partial charge in [0.2, 0.25) is 11.8 Å². The number of aromatic nitrogens is 1. The molecule has 12 nitrogen and oxygen atoms in total. The standard InChI is InChI=1S/C31H37N5O7/c1-17(2)26-27(39)33-24(16-25(37)38)28(40)36-14-6-7-22(35-36)29(41)43-18(3)21-11-10-20-9-8-19(15-23(20)32-21)12-13-31(4,5)30(42)34-26/h8-13,15-18,22,26,35H,6-7,14H2,1-5H3,(H,33,39)(H,34,42)(H,37,38)/b13-12+,24-16+/t18-,22+,26+/m1/s1. The number of carbonyl (C=O) groups is 5. The highest BCUT2D eigenvalue weighted by atomic mass is 16.5. The van der Waals surface area contributed by atoms with Crippen LogP contribution in [0.2, 0.25) is 0 Å². The molecule has 0 radical (unpaired) electrons. The summed E-state index contributed by atoms with van der Waals surface area (Å²) in [6.07, 6.45) is 4.19. The van der Waals surface area contributed by atoms with Gasteiger partial charge in [-0.3, -0.25) is 24.2 Å². The molecule has 0 spiro atoms. The third kappa shape index (κ3) is 7.44. The number of esters is 1. The Kier molecular flexibility index (Phi) is 9.29. The first kappa shape index (κ1) is 31.4. The van der Waals surface area contributed by atoms with Crippen molar-refractivity contribution in [3.8, 4) is 0 Å². The van der Waals surface area contributed by atoms with E-state index in [0.29, 0.717) is 30.1 Å². The number of hydrogen-bond acceptors (Lipinski definition) is 8. The van der Waals surface area contributed by atoms with E-state index in [1.165, 1.54) is 0 Å². The van der Waals surface area contributed by atoms with Gasteiger partial charge in [-0.05, 0) is 57.2 Å². The van der Waals surface area contributed by atoms with Gasteiger partial charge < -0.3 is 20.5 Å². The number of rotatable bonds is 2. The molecule has 2 aromatic rings. The third-order valence-electron chi connectivity index (χ3n) is 7.43.